The summed E-state index contributed by atoms with van der Waals surface area (Å²) in [5, 5.41) is 29.7. The second-order valence-electron chi connectivity index (χ2n) is 5.42. The molecule has 27 heavy (non-hydrogen) atoms. The molecule has 0 radical (unpaired) electrons. The number of aromatic amines is 1. The van der Waals surface area contributed by atoms with Gasteiger partial charge in [0.1, 0.15) is 0 Å². The van der Waals surface area contributed by atoms with Gasteiger partial charge in [-0.25, -0.2) is 4.98 Å². The lowest BCUT2D eigenvalue weighted by atomic mass is 10.2. The Kier molecular flexibility index (Phi) is 4.05. The third-order valence-corrected chi connectivity index (χ3v) is 4.97. The molecule has 2 N–H and O–H groups in total. The number of pyridine rings is 1. The first-order valence-electron chi connectivity index (χ1n) is 7.44. The molecular weight excluding hydrogens is 394 g/mol. The van der Waals surface area contributed by atoms with E-state index in [0.717, 1.165) is 11.3 Å². The van der Waals surface area contributed by atoms with Crippen LogP contribution in [0.2, 0.25) is 5.02 Å². The molecule has 0 atom stereocenters. The summed E-state index contributed by atoms with van der Waals surface area (Å²) < 4.78 is 0.557. The maximum absolute atomic E-state index is 12.2. The van der Waals surface area contributed by atoms with E-state index >= 15 is 0 Å². The second kappa shape index (κ2) is 6.41. The summed E-state index contributed by atoms with van der Waals surface area (Å²) in [7, 11) is 0. The summed E-state index contributed by atoms with van der Waals surface area (Å²) in [6, 6.07) is 9.03. The number of thiazole rings is 1. The summed E-state index contributed by atoms with van der Waals surface area (Å²) in [6.45, 7) is 0. The van der Waals surface area contributed by atoms with Crippen molar-refractivity contribution in [2.45, 2.75) is 0 Å². The molecule has 4 rings (SSSR count). The minimum atomic E-state index is -0.659. The number of nitro benzene ring substituents is 1. The number of nitrogens with zero attached hydrogens (tertiary/aromatic N) is 4. The minimum Gasteiger partial charge on any atom is -0.505 e. The lowest BCUT2D eigenvalue weighted by Crippen LogP contribution is -2.05. The monoisotopic (exact) mass is 401 g/mol. The Morgan fingerprint density at radius 2 is 2.07 bits per heavy atom. The zero-order valence-corrected chi connectivity index (χ0v) is 14.8. The van der Waals surface area contributed by atoms with Crippen molar-refractivity contribution < 1.29 is 10.0 Å². The van der Waals surface area contributed by atoms with Gasteiger partial charge in [0.2, 0.25) is 5.13 Å². The van der Waals surface area contributed by atoms with Crippen LogP contribution in [0, 0.1) is 10.1 Å². The molecule has 0 saturated heterocycles. The molecule has 0 saturated carbocycles. The third-order valence-electron chi connectivity index (χ3n) is 3.75. The number of halogens is 1. The number of para-hydroxylation sites is 1. The molecule has 0 aliphatic heterocycles. The molecule has 0 aliphatic carbocycles. The zero-order chi connectivity index (χ0) is 19.1. The van der Waals surface area contributed by atoms with Gasteiger partial charge in [0.15, 0.2) is 11.4 Å². The van der Waals surface area contributed by atoms with Gasteiger partial charge < -0.3 is 10.1 Å². The van der Waals surface area contributed by atoms with Crippen LogP contribution in [0.15, 0.2) is 51.4 Å². The number of non-ortho nitro benzene ring substituents is 1. The summed E-state index contributed by atoms with van der Waals surface area (Å²) in [5.74, 6) is -0.350. The Morgan fingerprint density at radius 3 is 2.85 bits per heavy atom. The standard InChI is InChI=1S/C16H8ClN5O4S/c17-9-3-1-2-8-12(9)19-15(24)13(14(8)23)20-21-16-18-10-5-4-7(22(25)26)6-11(10)27-16/h1-6H,(H2,19,23,24). The smallest absolute Gasteiger partial charge is 0.280 e. The SMILES string of the molecule is O=c1[nH]c2c(Cl)cccc2c(O)c1N=Nc1nc2ccc([N+](=O)[O-])cc2s1. The van der Waals surface area contributed by atoms with Gasteiger partial charge in [-0.15, -0.1) is 10.2 Å². The third kappa shape index (κ3) is 3.00. The van der Waals surface area contributed by atoms with Crippen LogP contribution in [0.1, 0.15) is 0 Å². The lowest BCUT2D eigenvalue weighted by molar-refractivity contribution is -0.384. The number of azo groups is 1. The molecule has 9 nitrogen and oxygen atoms in total. The summed E-state index contributed by atoms with van der Waals surface area (Å²) in [6.07, 6.45) is 0. The largest absolute Gasteiger partial charge is 0.505 e. The van der Waals surface area contributed by atoms with Crippen molar-refractivity contribution in [2.75, 3.05) is 0 Å². The van der Waals surface area contributed by atoms with Gasteiger partial charge in [0.25, 0.3) is 11.2 Å². The van der Waals surface area contributed by atoms with Crippen molar-refractivity contribution in [2.24, 2.45) is 10.2 Å². The van der Waals surface area contributed by atoms with E-state index in [9.17, 15) is 20.0 Å². The highest BCUT2D eigenvalue weighted by Crippen LogP contribution is 2.35. The number of H-pyrrole nitrogens is 1. The minimum absolute atomic E-state index is 0.0601. The Labute approximate surface area is 158 Å². The van der Waals surface area contributed by atoms with Crippen molar-refractivity contribution in [3.05, 3.63) is 61.9 Å². The molecule has 2 aromatic heterocycles. The van der Waals surface area contributed by atoms with Crippen LogP contribution in [-0.4, -0.2) is 20.0 Å². The van der Waals surface area contributed by atoms with Crippen LogP contribution in [0.5, 0.6) is 5.75 Å². The Morgan fingerprint density at radius 1 is 1.26 bits per heavy atom. The molecule has 0 aliphatic rings. The van der Waals surface area contributed by atoms with E-state index in [1.807, 2.05) is 0 Å². The second-order valence-corrected chi connectivity index (χ2v) is 6.84. The predicted octanol–water partition coefficient (Wildman–Crippen LogP) is 4.82. The molecule has 2 heterocycles. The molecule has 2 aromatic carbocycles. The number of hydrogen-bond donors (Lipinski definition) is 2. The number of benzene rings is 2. The lowest BCUT2D eigenvalue weighted by Gasteiger charge is -2.04. The normalized spacial score (nSPS) is 11.6. The van der Waals surface area contributed by atoms with Crippen LogP contribution in [-0.2, 0) is 0 Å². The summed E-state index contributed by atoms with van der Waals surface area (Å²) in [4.78, 5) is 29.3. The number of rotatable bonds is 3. The molecular formula is C16H8ClN5O4S. The first-order valence-corrected chi connectivity index (χ1v) is 8.63. The predicted molar refractivity (Wildman–Crippen MR) is 102 cm³/mol. The summed E-state index contributed by atoms with van der Waals surface area (Å²) in [5.41, 5.74) is -0.186. The molecule has 0 amide bonds. The van der Waals surface area contributed by atoms with Crippen LogP contribution in [0.25, 0.3) is 21.1 Å². The van der Waals surface area contributed by atoms with Gasteiger partial charge in [0, 0.05) is 17.5 Å². The molecule has 134 valence electrons. The molecule has 4 aromatic rings. The summed E-state index contributed by atoms with van der Waals surface area (Å²) >= 11 is 7.09. The van der Waals surface area contributed by atoms with E-state index in [2.05, 4.69) is 20.2 Å². The van der Waals surface area contributed by atoms with Crippen molar-refractivity contribution in [3.63, 3.8) is 0 Å². The number of fused-ring (bicyclic) bond motifs is 2. The zero-order valence-electron chi connectivity index (χ0n) is 13.2. The Hall–Kier alpha value is -3.37. The average molecular weight is 402 g/mol. The number of aromatic nitrogens is 2. The van der Waals surface area contributed by atoms with E-state index in [1.165, 1.54) is 18.2 Å². The quantitative estimate of drug-likeness (QED) is 0.288. The van der Waals surface area contributed by atoms with E-state index in [4.69, 9.17) is 11.6 Å². The maximum atomic E-state index is 12.2. The molecule has 0 fully saturated rings. The van der Waals surface area contributed by atoms with E-state index in [0.29, 0.717) is 21.1 Å². The fourth-order valence-electron chi connectivity index (χ4n) is 2.50. The van der Waals surface area contributed by atoms with Crippen LogP contribution < -0.4 is 5.56 Å². The topological polar surface area (TPSA) is 134 Å². The van der Waals surface area contributed by atoms with Gasteiger partial charge >= 0.3 is 0 Å². The molecule has 11 heteroatoms. The molecule has 0 unspecified atom stereocenters. The fraction of sp³-hybridized carbons (Fsp3) is 0. The molecule has 0 spiro atoms. The fourth-order valence-corrected chi connectivity index (χ4v) is 3.54. The van der Waals surface area contributed by atoms with Crippen molar-refractivity contribution in [3.8, 4) is 5.75 Å². The number of hydrogen-bond acceptors (Lipinski definition) is 8. The van der Waals surface area contributed by atoms with Crippen LogP contribution >= 0.6 is 22.9 Å². The van der Waals surface area contributed by atoms with Crippen LogP contribution in [0.4, 0.5) is 16.5 Å². The van der Waals surface area contributed by atoms with Gasteiger partial charge in [-0.2, -0.15) is 0 Å². The van der Waals surface area contributed by atoms with Crippen molar-refractivity contribution in [1.29, 1.82) is 0 Å². The van der Waals surface area contributed by atoms with Crippen LogP contribution in [0.3, 0.4) is 0 Å². The molecule has 0 bridgehead atoms. The van der Waals surface area contributed by atoms with E-state index < -0.39 is 10.5 Å². The maximum Gasteiger partial charge on any atom is 0.280 e. The van der Waals surface area contributed by atoms with Gasteiger partial charge in [0.05, 0.1) is 25.7 Å². The number of nitro groups is 1. The van der Waals surface area contributed by atoms with Gasteiger partial charge in [-0.1, -0.05) is 29.0 Å². The first-order chi connectivity index (χ1) is 12.9. The van der Waals surface area contributed by atoms with Crippen molar-refractivity contribution >= 4 is 60.6 Å². The highest BCUT2D eigenvalue weighted by molar-refractivity contribution is 7.21. The Bertz CT molecular complexity index is 1310. The highest BCUT2D eigenvalue weighted by atomic mass is 35.5. The Balaban J connectivity index is 1.78. The first kappa shape index (κ1) is 17.1. The van der Waals surface area contributed by atoms with Crippen molar-refractivity contribution in [1.82, 2.24) is 9.97 Å². The van der Waals surface area contributed by atoms with E-state index in [-0.39, 0.29) is 27.3 Å². The van der Waals surface area contributed by atoms with Gasteiger partial charge in [-0.05, 0) is 18.2 Å². The van der Waals surface area contributed by atoms with Gasteiger partial charge in [-0.3, -0.25) is 14.9 Å². The highest BCUT2D eigenvalue weighted by Gasteiger charge is 2.14. The van der Waals surface area contributed by atoms with E-state index in [1.54, 1.807) is 18.2 Å². The number of nitrogens with one attached hydrogen (secondary N) is 1. The average Bonchev–Trinajstić information content (AvgIpc) is 3.04. The number of aromatic hydroxyl groups is 1.